The molecule has 2 rings (SSSR count). The van der Waals surface area contributed by atoms with Crippen LogP contribution in [0.25, 0.3) is 0 Å². The zero-order valence-electron chi connectivity index (χ0n) is 20.5. The van der Waals surface area contributed by atoms with E-state index < -0.39 is 29.2 Å². The number of phenols is 1. The second-order valence-corrected chi connectivity index (χ2v) is 9.68. The van der Waals surface area contributed by atoms with Crippen molar-refractivity contribution in [2.75, 3.05) is 6.54 Å². The third-order valence-electron chi connectivity index (χ3n) is 4.93. The van der Waals surface area contributed by atoms with E-state index in [9.17, 15) is 19.5 Å². The van der Waals surface area contributed by atoms with Gasteiger partial charge in [-0.15, -0.1) is 0 Å². The van der Waals surface area contributed by atoms with Gasteiger partial charge < -0.3 is 25.8 Å². The van der Waals surface area contributed by atoms with Crippen LogP contribution in [0.2, 0.25) is 0 Å². The highest BCUT2D eigenvalue weighted by molar-refractivity contribution is 5.93. The topological polar surface area (TPSA) is 117 Å². The average Bonchev–Trinajstić information content (AvgIpc) is 2.73. The number of aromatic hydroxyl groups is 1. The number of nitrogens with one attached hydrogen (secondary N) is 3. The molecule has 0 aliphatic carbocycles. The number of hydrogen-bond donors (Lipinski definition) is 4. The molecular formula is C26H35N3O5. The molecule has 0 saturated heterocycles. The molecule has 0 aromatic heterocycles. The van der Waals surface area contributed by atoms with E-state index in [0.717, 1.165) is 11.1 Å². The molecular weight excluding hydrogens is 434 g/mol. The number of alkyl carbamates (subject to hydrolysis) is 1. The van der Waals surface area contributed by atoms with Gasteiger partial charge >= 0.3 is 6.09 Å². The lowest BCUT2D eigenvalue weighted by atomic mass is 10.0. The summed E-state index contributed by atoms with van der Waals surface area (Å²) >= 11 is 0. The highest BCUT2D eigenvalue weighted by Crippen LogP contribution is 2.12. The van der Waals surface area contributed by atoms with Crippen molar-refractivity contribution in [3.63, 3.8) is 0 Å². The lowest BCUT2D eigenvalue weighted by molar-refractivity contribution is -0.133. The van der Waals surface area contributed by atoms with Gasteiger partial charge in [0.1, 0.15) is 22.9 Å². The van der Waals surface area contributed by atoms with E-state index in [0.29, 0.717) is 13.0 Å². The minimum atomic E-state index is -1.21. The van der Waals surface area contributed by atoms with Gasteiger partial charge in [0.05, 0.1) is 0 Å². The molecule has 8 nitrogen and oxygen atoms in total. The largest absolute Gasteiger partial charge is 0.508 e. The van der Waals surface area contributed by atoms with Gasteiger partial charge in [-0.3, -0.25) is 9.59 Å². The summed E-state index contributed by atoms with van der Waals surface area (Å²) in [6.07, 6.45) is 0.108. The summed E-state index contributed by atoms with van der Waals surface area (Å²) in [5.74, 6) is -0.662. The third kappa shape index (κ3) is 9.13. The van der Waals surface area contributed by atoms with Gasteiger partial charge in [0.25, 0.3) is 0 Å². The Morgan fingerprint density at radius 2 is 1.53 bits per heavy atom. The normalized spacial score (nSPS) is 12.4. The maximum atomic E-state index is 13.1. The van der Waals surface area contributed by atoms with E-state index in [4.69, 9.17) is 4.74 Å². The van der Waals surface area contributed by atoms with E-state index in [2.05, 4.69) is 16.0 Å². The van der Waals surface area contributed by atoms with Gasteiger partial charge in [-0.1, -0.05) is 42.5 Å². The lowest BCUT2D eigenvalue weighted by Gasteiger charge is -2.29. The first-order chi connectivity index (χ1) is 15.9. The fourth-order valence-electron chi connectivity index (χ4n) is 3.16. The molecule has 0 bridgehead atoms. The molecule has 8 heteroatoms. The molecule has 2 aromatic carbocycles. The minimum absolute atomic E-state index is 0.182. The van der Waals surface area contributed by atoms with Gasteiger partial charge in [0, 0.05) is 13.0 Å². The number of rotatable bonds is 9. The summed E-state index contributed by atoms with van der Waals surface area (Å²) in [6, 6.07) is 15.1. The van der Waals surface area contributed by atoms with E-state index in [1.807, 2.05) is 30.3 Å². The van der Waals surface area contributed by atoms with Crippen molar-refractivity contribution in [3.05, 3.63) is 65.7 Å². The first-order valence-corrected chi connectivity index (χ1v) is 11.3. The highest BCUT2D eigenvalue weighted by Gasteiger charge is 2.33. The second kappa shape index (κ2) is 11.5. The summed E-state index contributed by atoms with van der Waals surface area (Å²) in [7, 11) is 0. The van der Waals surface area contributed by atoms with Gasteiger partial charge in [-0.25, -0.2) is 4.79 Å². The molecule has 0 aliphatic rings. The molecule has 4 N–H and O–H groups in total. The summed E-state index contributed by atoms with van der Waals surface area (Å²) < 4.78 is 5.31. The number of carbonyl (C=O) groups is 3. The summed E-state index contributed by atoms with van der Waals surface area (Å²) in [5, 5.41) is 17.6. The molecule has 0 aliphatic heterocycles. The Morgan fingerprint density at radius 1 is 0.912 bits per heavy atom. The van der Waals surface area contributed by atoms with Gasteiger partial charge in [0.15, 0.2) is 0 Å². The number of ether oxygens (including phenoxy) is 1. The van der Waals surface area contributed by atoms with Crippen molar-refractivity contribution < 1.29 is 24.2 Å². The van der Waals surface area contributed by atoms with Crippen LogP contribution in [0.3, 0.4) is 0 Å². The van der Waals surface area contributed by atoms with Gasteiger partial charge in [-0.05, 0) is 64.3 Å². The molecule has 0 saturated carbocycles. The molecule has 1 atom stereocenters. The smallest absolute Gasteiger partial charge is 0.408 e. The van der Waals surface area contributed by atoms with Crippen LogP contribution in [-0.2, 0) is 27.2 Å². The Kier molecular flexibility index (Phi) is 9.06. The van der Waals surface area contributed by atoms with Gasteiger partial charge in [0.2, 0.25) is 11.8 Å². The molecule has 3 amide bonds. The van der Waals surface area contributed by atoms with Crippen molar-refractivity contribution in [3.8, 4) is 5.75 Å². The van der Waals surface area contributed by atoms with Crippen molar-refractivity contribution in [1.29, 1.82) is 0 Å². The van der Waals surface area contributed by atoms with Crippen LogP contribution in [0, 0.1) is 0 Å². The van der Waals surface area contributed by atoms with Crippen LogP contribution in [0.5, 0.6) is 5.75 Å². The van der Waals surface area contributed by atoms with Crippen molar-refractivity contribution in [2.24, 2.45) is 0 Å². The highest BCUT2D eigenvalue weighted by atomic mass is 16.6. The summed E-state index contributed by atoms with van der Waals surface area (Å²) in [6.45, 7) is 8.80. The fraction of sp³-hybridized carbons (Fsp3) is 0.423. The molecule has 0 radical (unpaired) electrons. The molecule has 184 valence electrons. The third-order valence-corrected chi connectivity index (χ3v) is 4.93. The van der Waals surface area contributed by atoms with E-state index in [1.54, 1.807) is 58.9 Å². The van der Waals surface area contributed by atoms with Crippen LogP contribution in [0.1, 0.15) is 45.7 Å². The summed E-state index contributed by atoms with van der Waals surface area (Å²) in [4.78, 5) is 38.2. The monoisotopic (exact) mass is 469 g/mol. The van der Waals surface area contributed by atoms with Crippen molar-refractivity contribution in [2.45, 2.75) is 64.6 Å². The van der Waals surface area contributed by atoms with E-state index in [-0.39, 0.29) is 18.1 Å². The van der Waals surface area contributed by atoms with Crippen LogP contribution in [-0.4, -0.2) is 46.7 Å². The van der Waals surface area contributed by atoms with Crippen LogP contribution >= 0.6 is 0 Å². The Labute approximate surface area is 201 Å². The minimum Gasteiger partial charge on any atom is -0.508 e. The van der Waals surface area contributed by atoms with Crippen LogP contribution < -0.4 is 16.0 Å². The Balaban J connectivity index is 2.01. The fourth-order valence-corrected chi connectivity index (χ4v) is 3.16. The Hall–Kier alpha value is -3.55. The predicted octanol–water partition coefficient (Wildman–Crippen LogP) is 3.08. The predicted molar refractivity (Wildman–Crippen MR) is 130 cm³/mol. The quantitative estimate of drug-likeness (QED) is 0.450. The average molecular weight is 470 g/mol. The van der Waals surface area contributed by atoms with Crippen LogP contribution in [0.4, 0.5) is 4.79 Å². The SMILES string of the molecule is CC(C)(C)OC(=O)N[C@@H](Cc1ccccc1)C(=O)NC(C)(C)C(=O)NCCc1ccc(O)cc1. The molecule has 0 unspecified atom stereocenters. The van der Waals surface area contributed by atoms with E-state index >= 15 is 0 Å². The molecule has 0 fully saturated rings. The van der Waals surface area contributed by atoms with Crippen molar-refractivity contribution in [1.82, 2.24) is 16.0 Å². The zero-order chi connectivity index (χ0) is 25.4. The standard InChI is InChI=1S/C26H35N3O5/c1-25(2,3)34-24(33)28-21(17-19-9-7-6-8-10-19)22(31)29-26(4,5)23(32)27-16-15-18-11-13-20(30)14-12-18/h6-14,21,30H,15-17H2,1-5H3,(H,27,32)(H,28,33)(H,29,31)/t21-/m0/s1. The molecule has 34 heavy (non-hydrogen) atoms. The maximum absolute atomic E-state index is 13.1. The summed E-state index contributed by atoms with van der Waals surface area (Å²) in [5.41, 5.74) is -0.107. The first kappa shape index (κ1) is 26.7. The molecule has 0 spiro atoms. The molecule has 0 heterocycles. The molecule has 2 aromatic rings. The Morgan fingerprint density at radius 3 is 2.12 bits per heavy atom. The number of phenolic OH excluding ortho intramolecular Hbond substituents is 1. The lowest BCUT2D eigenvalue weighted by Crippen LogP contribution is -2.60. The zero-order valence-corrected chi connectivity index (χ0v) is 20.5. The number of hydrogen-bond acceptors (Lipinski definition) is 5. The second-order valence-electron chi connectivity index (χ2n) is 9.68. The van der Waals surface area contributed by atoms with Crippen LogP contribution in [0.15, 0.2) is 54.6 Å². The van der Waals surface area contributed by atoms with Crippen molar-refractivity contribution >= 4 is 17.9 Å². The maximum Gasteiger partial charge on any atom is 0.408 e. The van der Waals surface area contributed by atoms with Gasteiger partial charge in [-0.2, -0.15) is 0 Å². The number of carbonyl (C=O) groups excluding carboxylic acids is 3. The number of benzene rings is 2. The number of amides is 3. The van der Waals surface area contributed by atoms with E-state index in [1.165, 1.54) is 0 Å². The Bertz CT molecular complexity index is 966. The first-order valence-electron chi connectivity index (χ1n) is 11.3.